The van der Waals surface area contributed by atoms with E-state index in [0.29, 0.717) is 29.2 Å². The average Bonchev–Trinajstić information content (AvgIpc) is 3.33. The van der Waals surface area contributed by atoms with E-state index in [1.165, 1.54) is 0 Å². The van der Waals surface area contributed by atoms with Gasteiger partial charge in [0.15, 0.2) is 5.76 Å². The first kappa shape index (κ1) is 19.2. The molecule has 158 valence electrons. The van der Waals surface area contributed by atoms with Crippen molar-refractivity contribution < 1.29 is 19.0 Å². The molecule has 0 bridgehead atoms. The number of ether oxygens (including phenoxy) is 3. The van der Waals surface area contributed by atoms with E-state index in [2.05, 4.69) is 15.5 Å². The van der Waals surface area contributed by atoms with Gasteiger partial charge in [-0.3, -0.25) is 9.89 Å². The highest BCUT2D eigenvalue weighted by Gasteiger charge is 2.26. The lowest BCUT2D eigenvalue weighted by Crippen LogP contribution is -2.25. The molecule has 3 aromatic rings. The highest BCUT2D eigenvalue weighted by Crippen LogP contribution is 2.33. The van der Waals surface area contributed by atoms with Gasteiger partial charge in [0, 0.05) is 12.5 Å². The van der Waals surface area contributed by atoms with Gasteiger partial charge in [-0.25, -0.2) is 0 Å². The zero-order valence-corrected chi connectivity index (χ0v) is 17.1. The van der Waals surface area contributed by atoms with Gasteiger partial charge in [-0.05, 0) is 42.7 Å². The normalized spacial score (nSPS) is 18.0. The summed E-state index contributed by atoms with van der Waals surface area (Å²) >= 11 is 0. The second-order valence-corrected chi connectivity index (χ2v) is 7.65. The number of hydrogen-bond donors (Lipinski definition) is 2. The van der Waals surface area contributed by atoms with Gasteiger partial charge in [-0.15, -0.1) is 0 Å². The van der Waals surface area contributed by atoms with Crippen molar-refractivity contribution in [1.82, 2.24) is 15.5 Å². The van der Waals surface area contributed by atoms with Gasteiger partial charge in [-0.1, -0.05) is 30.3 Å². The monoisotopic (exact) mass is 417 g/mol. The van der Waals surface area contributed by atoms with Crippen molar-refractivity contribution in [3.63, 3.8) is 0 Å². The fourth-order valence-corrected chi connectivity index (χ4v) is 3.59. The second-order valence-electron chi connectivity index (χ2n) is 7.65. The number of benzene rings is 2. The maximum Gasteiger partial charge on any atom is 0.255 e. The zero-order chi connectivity index (χ0) is 21.2. The second kappa shape index (κ2) is 8.18. The lowest BCUT2D eigenvalue weighted by atomic mass is 10.1. The minimum absolute atomic E-state index is 0.128. The summed E-state index contributed by atoms with van der Waals surface area (Å²) in [4.78, 5) is 12.6. The number of nitrogens with zero attached hydrogens (tertiary/aromatic N) is 1. The van der Waals surface area contributed by atoms with Gasteiger partial charge in [0.25, 0.3) is 5.91 Å². The van der Waals surface area contributed by atoms with E-state index in [0.717, 1.165) is 29.3 Å². The molecule has 7 heteroatoms. The van der Waals surface area contributed by atoms with Gasteiger partial charge < -0.3 is 19.5 Å². The lowest BCUT2D eigenvalue weighted by molar-refractivity contribution is -0.0268. The molecular formula is C24H23N3O4. The van der Waals surface area contributed by atoms with Gasteiger partial charge in [0.1, 0.15) is 12.0 Å². The van der Waals surface area contributed by atoms with Crippen LogP contribution in [-0.4, -0.2) is 35.5 Å². The third-order valence-electron chi connectivity index (χ3n) is 5.33. The number of methoxy groups -OCH3 is 1. The maximum absolute atomic E-state index is 12.6. The Balaban J connectivity index is 1.34. The predicted molar refractivity (Wildman–Crippen MR) is 116 cm³/mol. The van der Waals surface area contributed by atoms with Crippen molar-refractivity contribution in [2.24, 2.45) is 0 Å². The van der Waals surface area contributed by atoms with Crippen LogP contribution in [0.25, 0.3) is 17.0 Å². The molecule has 1 fully saturated rings. The van der Waals surface area contributed by atoms with Crippen molar-refractivity contribution in [3.05, 3.63) is 77.4 Å². The summed E-state index contributed by atoms with van der Waals surface area (Å²) in [5, 5.41) is 11.1. The van der Waals surface area contributed by atoms with E-state index in [1.807, 2.05) is 42.5 Å². The lowest BCUT2D eigenvalue weighted by Gasteiger charge is -2.11. The Kier molecular flexibility index (Phi) is 5.08. The molecule has 0 saturated heterocycles. The smallest absolute Gasteiger partial charge is 0.255 e. The Bertz CT molecular complexity index is 1160. The average molecular weight is 417 g/mol. The van der Waals surface area contributed by atoms with Crippen LogP contribution in [0.15, 0.2) is 60.6 Å². The molecule has 2 N–H and O–H groups in total. The number of aromatic amines is 1. The maximum atomic E-state index is 12.6. The van der Waals surface area contributed by atoms with Crippen LogP contribution in [0.3, 0.4) is 0 Å². The van der Waals surface area contributed by atoms with E-state index in [-0.39, 0.29) is 18.2 Å². The van der Waals surface area contributed by atoms with Gasteiger partial charge >= 0.3 is 0 Å². The SMILES string of the molecule is COc1c(C(=O)NC2CC2)ccc2[nH]nc(C=CC3=COC(Cc4ccccc4)O3)c12. The van der Waals surface area contributed by atoms with Gasteiger partial charge in [0.2, 0.25) is 6.29 Å². The molecule has 2 heterocycles. The Morgan fingerprint density at radius 2 is 2.06 bits per heavy atom. The predicted octanol–water partition coefficient (Wildman–Crippen LogP) is 3.93. The molecule has 0 radical (unpaired) electrons. The van der Waals surface area contributed by atoms with Crippen molar-refractivity contribution in [1.29, 1.82) is 0 Å². The molecule has 1 amide bonds. The van der Waals surface area contributed by atoms with Gasteiger partial charge in [0.05, 0.1) is 29.3 Å². The minimum Gasteiger partial charge on any atom is -0.495 e. The molecule has 31 heavy (non-hydrogen) atoms. The number of rotatable bonds is 7. The minimum atomic E-state index is -0.356. The summed E-state index contributed by atoms with van der Waals surface area (Å²) in [5.74, 6) is 0.985. The largest absolute Gasteiger partial charge is 0.495 e. The van der Waals surface area contributed by atoms with E-state index in [4.69, 9.17) is 14.2 Å². The summed E-state index contributed by atoms with van der Waals surface area (Å²) in [6, 6.07) is 13.9. The number of carbonyl (C=O) groups is 1. The Labute approximate surface area is 179 Å². The summed E-state index contributed by atoms with van der Waals surface area (Å²) in [6.45, 7) is 0. The standard InChI is InChI=1S/C24H23N3O4/c1-29-23-18(24(28)25-16-7-8-16)10-12-20-22(23)19(26-27-20)11-9-17-14-30-21(31-17)13-15-5-3-2-4-6-15/h2-6,9-12,14,16,21H,7-8,13H2,1H3,(H,25,28)(H,26,27). The van der Waals surface area contributed by atoms with Crippen LogP contribution in [0.5, 0.6) is 5.75 Å². The van der Waals surface area contributed by atoms with Crippen molar-refractivity contribution in [2.75, 3.05) is 7.11 Å². The fraction of sp³-hybridized carbons (Fsp3) is 0.250. The molecule has 2 aliphatic rings. The van der Waals surface area contributed by atoms with E-state index in [9.17, 15) is 4.79 Å². The summed E-state index contributed by atoms with van der Waals surface area (Å²) in [6.07, 6.45) is 7.58. The van der Waals surface area contributed by atoms with Crippen molar-refractivity contribution >= 4 is 22.9 Å². The summed E-state index contributed by atoms with van der Waals surface area (Å²) < 4.78 is 17.1. The summed E-state index contributed by atoms with van der Waals surface area (Å²) in [7, 11) is 1.56. The first-order valence-electron chi connectivity index (χ1n) is 10.3. The van der Waals surface area contributed by atoms with Gasteiger partial charge in [-0.2, -0.15) is 5.10 Å². The quantitative estimate of drug-likeness (QED) is 0.608. The molecule has 1 unspecified atom stereocenters. The molecule has 0 spiro atoms. The van der Waals surface area contributed by atoms with Crippen LogP contribution < -0.4 is 10.1 Å². The third-order valence-corrected chi connectivity index (χ3v) is 5.33. The molecule has 5 rings (SSSR count). The third kappa shape index (κ3) is 4.12. The number of allylic oxidation sites excluding steroid dienone is 1. The van der Waals surface area contributed by atoms with E-state index < -0.39 is 0 Å². The molecular weight excluding hydrogens is 394 g/mol. The molecule has 2 aromatic carbocycles. The molecule has 7 nitrogen and oxygen atoms in total. The van der Waals surface area contributed by atoms with Crippen molar-refractivity contribution in [3.8, 4) is 5.75 Å². The molecule has 1 aliphatic carbocycles. The van der Waals surface area contributed by atoms with Crippen LogP contribution in [0.1, 0.15) is 34.5 Å². The first-order chi connectivity index (χ1) is 15.2. The number of carbonyl (C=O) groups excluding carboxylic acids is 1. The number of nitrogens with one attached hydrogen (secondary N) is 2. The number of amides is 1. The highest BCUT2D eigenvalue weighted by atomic mass is 16.7. The molecule has 1 saturated carbocycles. The number of fused-ring (bicyclic) bond motifs is 1. The van der Waals surface area contributed by atoms with Crippen LogP contribution in [-0.2, 0) is 15.9 Å². The van der Waals surface area contributed by atoms with Crippen LogP contribution in [0.4, 0.5) is 0 Å². The Morgan fingerprint density at radius 1 is 1.23 bits per heavy atom. The van der Waals surface area contributed by atoms with E-state index in [1.54, 1.807) is 25.5 Å². The van der Waals surface area contributed by atoms with E-state index >= 15 is 0 Å². The Morgan fingerprint density at radius 3 is 2.84 bits per heavy atom. The van der Waals surface area contributed by atoms with Crippen LogP contribution >= 0.6 is 0 Å². The molecule has 1 aromatic heterocycles. The highest BCUT2D eigenvalue weighted by molar-refractivity contribution is 6.05. The summed E-state index contributed by atoms with van der Waals surface area (Å²) in [5.41, 5.74) is 3.09. The number of aromatic nitrogens is 2. The Hall–Kier alpha value is -3.74. The van der Waals surface area contributed by atoms with Crippen LogP contribution in [0, 0.1) is 0 Å². The number of H-pyrrole nitrogens is 1. The zero-order valence-electron chi connectivity index (χ0n) is 17.1. The molecule has 1 aliphatic heterocycles. The molecule has 1 atom stereocenters. The van der Waals surface area contributed by atoms with Crippen LogP contribution in [0.2, 0.25) is 0 Å². The number of hydrogen-bond acceptors (Lipinski definition) is 5. The topological polar surface area (TPSA) is 85.5 Å². The first-order valence-corrected chi connectivity index (χ1v) is 10.3. The van der Waals surface area contributed by atoms with Crippen molar-refractivity contribution in [2.45, 2.75) is 31.6 Å². The fourth-order valence-electron chi connectivity index (χ4n) is 3.59.